The van der Waals surface area contributed by atoms with Crippen molar-refractivity contribution in [2.45, 2.75) is 64.1 Å². The SMILES string of the molecule is CCCCCC[C@@H](F)[C@@H](F)C(=O)Nc1ccc(NCc2ccc(C(F)(F)F)cc2)c(F)c1N. The van der Waals surface area contributed by atoms with Crippen LogP contribution in [-0.4, -0.2) is 18.3 Å². The van der Waals surface area contributed by atoms with E-state index in [2.05, 4.69) is 10.6 Å². The lowest BCUT2D eigenvalue weighted by Gasteiger charge is -2.16. The lowest BCUT2D eigenvalue weighted by atomic mass is 10.1. The minimum atomic E-state index is -4.46. The van der Waals surface area contributed by atoms with Crippen molar-refractivity contribution in [2.24, 2.45) is 0 Å². The molecule has 0 radical (unpaired) electrons. The molecular formula is C23H27F6N3O. The Hall–Kier alpha value is -2.91. The first kappa shape index (κ1) is 26.3. The van der Waals surface area contributed by atoms with Gasteiger partial charge in [-0.05, 0) is 36.2 Å². The van der Waals surface area contributed by atoms with Crippen molar-refractivity contribution in [1.29, 1.82) is 0 Å². The van der Waals surface area contributed by atoms with Crippen LogP contribution in [0.1, 0.15) is 50.2 Å². The number of nitrogen functional groups attached to an aromatic ring is 1. The van der Waals surface area contributed by atoms with Gasteiger partial charge in [-0.15, -0.1) is 0 Å². The van der Waals surface area contributed by atoms with Crippen molar-refractivity contribution < 1.29 is 31.1 Å². The van der Waals surface area contributed by atoms with Gasteiger partial charge in [0, 0.05) is 6.54 Å². The zero-order valence-electron chi connectivity index (χ0n) is 18.1. The van der Waals surface area contributed by atoms with E-state index in [1.807, 2.05) is 6.92 Å². The topological polar surface area (TPSA) is 67.2 Å². The smallest absolute Gasteiger partial charge is 0.395 e. The van der Waals surface area contributed by atoms with Gasteiger partial charge >= 0.3 is 6.18 Å². The van der Waals surface area contributed by atoms with E-state index in [0.29, 0.717) is 12.0 Å². The fourth-order valence-electron chi connectivity index (χ4n) is 3.13. The first-order valence-corrected chi connectivity index (χ1v) is 10.6. The minimum Gasteiger partial charge on any atom is -0.395 e. The maximum absolute atomic E-state index is 14.6. The molecule has 0 heterocycles. The number of alkyl halides is 5. The number of nitrogens with one attached hydrogen (secondary N) is 2. The number of hydrogen-bond acceptors (Lipinski definition) is 3. The molecule has 1 amide bonds. The Balaban J connectivity index is 1.96. The largest absolute Gasteiger partial charge is 0.416 e. The second-order valence-electron chi connectivity index (χ2n) is 7.69. The number of nitrogens with two attached hydrogens (primary N) is 1. The van der Waals surface area contributed by atoms with Gasteiger partial charge in [-0.25, -0.2) is 13.2 Å². The van der Waals surface area contributed by atoms with E-state index in [-0.39, 0.29) is 24.3 Å². The van der Waals surface area contributed by atoms with Crippen LogP contribution in [0.15, 0.2) is 36.4 Å². The Morgan fingerprint density at radius 1 is 1.00 bits per heavy atom. The van der Waals surface area contributed by atoms with Gasteiger partial charge in [0.05, 0.1) is 22.6 Å². The molecule has 0 unspecified atom stereocenters. The van der Waals surface area contributed by atoms with Gasteiger partial charge in [0.25, 0.3) is 5.91 Å². The molecule has 0 saturated carbocycles. The van der Waals surface area contributed by atoms with Crippen LogP contribution in [-0.2, 0) is 17.5 Å². The maximum atomic E-state index is 14.6. The third kappa shape index (κ3) is 7.57. The highest BCUT2D eigenvalue weighted by atomic mass is 19.4. The molecule has 0 spiro atoms. The number of unbranched alkanes of at least 4 members (excludes halogenated alkanes) is 3. The Labute approximate surface area is 188 Å². The van der Waals surface area contributed by atoms with E-state index >= 15 is 0 Å². The predicted octanol–water partition coefficient (Wildman–Crippen LogP) is 6.62. The predicted molar refractivity (Wildman–Crippen MR) is 117 cm³/mol. The van der Waals surface area contributed by atoms with Gasteiger partial charge in [-0.2, -0.15) is 13.2 Å². The minimum absolute atomic E-state index is 0.00825. The second-order valence-corrected chi connectivity index (χ2v) is 7.69. The summed E-state index contributed by atoms with van der Waals surface area (Å²) in [4.78, 5) is 12.0. The summed E-state index contributed by atoms with van der Waals surface area (Å²) >= 11 is 0. The molecule has 0 aliphatic heterocycles. The first-order chi connectivity index (χ1) is 15.5. The number of rotatable bonds is 11. The summed E-state index contributed by atoms with van der Waals surface area (Å²) in [5.41, 5.74) is 4.59. The van der Waals surface area contributed by atoms with Crippen LogP contribution < -0.4 is 16.4 Å². The van der Waals surface area contributed by atoms with Crippen molar-refractivity contribution in [3.63, 3.8) is 0 Å². The summed E-state index contributed by atoms with van der Waals surface area (Å²) in [6.07, 6.45) is -5.90. The number of benzene rings is 2. The normalized spacial score (nSPS) is 13.4. The first-order valence-electron chi connectivity index (χ1n) is 10.6. The number of hydrogen-bond donors (Lipinski definition) is 3. The zero-order valence-corrected chi connectivity index (χ0v) is 18.1. The van der Waals surface area contributed by atoms with E-state index in [0.717, 1.165) is 31.4 Å². The van der Waals surface area contributed by atoms with Gasteiger partial charge < -0.3 is 16.4 Å². The van der Waals surface area contributed by atoms with Crippen LogP contribution in [0.5, 0.6) is 0 Å². The molecule has 0 aromatic heterocycles. The van der Waals surface area contributed by atoms with Gasteiger partial charge in [0.2, 0.25) is 6.17 Å². The molecule has 4 nitrogen and oxygen atoms in total. The second kappa shape index (κ2) is 11.8. The molecule has 0 aliphatic rings. The molecule has 2 aromatic rings. The fraction of sp³-hybridized carbons (Fsp3) is 0.435. The molecule has 0 fully saturated rings. The van der Waals surface area contributed by atoms with Crippen LogP contribution in [0.3, 0.4) is 0 Å². The summed E-state index contributed by atoms with van der Waals surface area (Å²) in [6.45, 7) is 1.99. The fourth-order valence-corrected chi connectivity index (χ4v) is 3.13. The van der Waals surface area contributed by atoms with Crippen LogP contribution in [0.25, 0.3) is 0 Å². The molecule has 0 saturated heterocycles. The van der Waals surface area contributed by atoms with Crippen molar-refractivity contribution in [2.75, 3.05) is 16.4 Å². The van der Waals surface area contributed by atoms with E-state index in [9.17, 15) is 31.1 Å². The third-order valence-corrected chi connectivity index (χ3v) is 5.10. The average Bonchev–Trinajstić information content (AvgIpc) is 2.78. The zero-order chi connectivity index (χ0) is 24.6. The van der Waals surface area contributed by atoms with Crippen molar-refractivity contribution in [1.82, 2.24) is 0 Å². The van der Waals surface area contributed by atoms with Crippen LogP contribution in [0.2, 0.25) is 0 Å². The number of carbonyl (C=O) groups excluding carboxylic acids is 1. The monoisotopic (exact) mass is 475 g/mol. The molecular weight excluding hydrogens is 448 g/mol. The lowest BCUT2D eigenvalue weighted by molar-refractivity contribution is -0.137. The highest BCUT2D eigenvalue weighted by molar-refractivity contribution is 5.97. The molecule has 2 rings (SSSR count). The molecule has 2 aromatic carbocycles. The van der Waals surface area contributed by atoms with Crippen molar-refractivity contribution in [3.8, 4) is 0 Å². The Kier molecular flexibility index (Phi) is 9.43. The number of carbonyl (C=O) groups is 1. The Morgan fingerprint density at radius 2 is 1.64 bits per heavy atom. The molecule has 10 heteroatoms. The summed E-state index contributed by atoms with van der Waals surface area (Å²) in [5.74, 6) is -2.19. The van der Waals surface area contributed by atoms with E-state index < -0.39 is 41.5 Å². The molecule has 4 N–H and O–H groups in total. The van der Waals surface area contributed by atoms with Gasteiger partial charge in [-0.3, -0.25) is 4.79 Å². The Bertz CT molecular complexity index is 918. The number of halogens is 6. The van der Waals surface area contributed by atoms with Crippen LogP contribution >= 0.6 is 0 Å². The molecule has 33 heavy (non-hydrogen) atoms. The van der Waals surface area contributed by atoms with Gasteiger partial charge in [0.15, 0.2) is 5.82 Å². The van der Waals surface area contributed by atoms with Crippen molar-refractivity contribution in [3.05, 3.63) is 53.3 Å². The summed E-state index contributed by atoms with van der Waals surface area (Å²) in [7, 11) is 0. The van der Waals surface area contributed by atoms with Gasteiger partial charge in [-0.1, -0.05) is 44.7 Å². The maximum Gasteiger partial charge on any atom is 0.416 e. The number of anilines is 3. The van der Waals surface area contributed by atoms with Crippen LogP contribution in [0, 0.1) is 5.82 Å². The molecule has 182 valence electrons. The standard InChI is InChI=1S/C23H27F6N3O/c1-2-3-4-5-6-16(24)19(25)22(33)32-18-12-11-17(20(26)21(18)30)31-13-14-7-9-15(10-8-14)23(27,28)29/h7-12,16,19,31H,2-6,13,30H2,1H3,(H,32,33)/t16-,19-/m1/s1. The summed E-state index contributed by atoms with van der Waals surface area (Å²) in [5, 5.41) is 4.80. The van der Waals surface area contributed by atoms with Gasteiger partial charge in [0.1, 0.15) is 6.17 Å². The summed E-state index contributed by atoms with van der Waals surface area (Å²) in [6, 6.07) is 6.79. The molecule has 0 bridgehead atoms. The molecule has 2 atom stereocenters. The summed E-state index contributed by atoms with van der Waals surface area (Å²) < 4.78 is 80.5. The quantitative estimate of drug-likeness (QED) is 0.194. The third-order valence-electron chi connectivity index (χ3n) is 5.10. The van der Waals surface area contributed by atoms with Crippen LogP contribution in [0.4, 0.5) is 43.4 Å². The van der Waals surface area contributed by atoms with Crippen molar-refractivity contribution >= 4 is 23.0 Å². The van der Waals surface area contributed by atoms with E-state index in [1.165, 1.54) is 24.3 Å². The number of amides is 1. The van der Waals surface area contributed by atoms with E-state index in [1.54, 1.807) is 0 Å². The Morgan fingerprint density at radius 3 is 2.24 bits per heavy atom. The molecule has 0 aliphatic carbocycles. The van der Waals surface area contributed by atoms with E-state index in [4.69, 9.17) is 5.73 Å². The lowest BCUT2D eigenvalue weighted by Crippen LogP contribution is -2.32. The highest BCUT2D eigenvalue weighted by Crippen LogP contribution is 2.31. The highest BCUT2D eigenvalue weighted by Gasteiger charge is 2.30. The average molecular weight is 475 g/mol.